The van der Waals surface area contributed by atoms with Crippen LogP contribution in [0.2, 0.25) is 0 Å². The van der Waals surface area contributed by atoms with E-state index >= 15 is 0 Å². The van der Waals surface area contributed by atoms with Gasteiger partial charge in [0.05, 0.1) is 6.10 Å². The highest BCUT2D eigenvalue weighted by Crippen LogP contribution is 2.60. The Kier molecular flexibility index (Phi) is 7.19. The van der Waals surface area contributed by atoms with Crippen molar-refractivity contribution in [3.63, 3.8) is 0 Å². The second kappa shape index (κ2) is 9.13. The van der Waals surface area contributed by atoms with E-state index in [1.54, 1.807) is 5.57 Å². The van der Waals surface area contributed by atoms with Gasteiger partial charge < -0.3 is 5.11 Å². The third kappa shape index (κ3) is 5.46. The average molecular weight is 399 g/mol. The van der Waals surface area contributed by atoms with Crippen molar-refractivity contribution in [1.29, 1.82) is 0 Å². The van der Waals surface area contributed by atoms with Crippen molar-refractivity contribution in [2.75, 3.05) is 0 Å². The molecule has 0 aliphatic heterocycles. The maximum absolute atomic E-state index is 10.1. The van der Waals surface area contributed by atoms with Gasteiger partial charge in [-0.2, -0.15) is 0 Å². The molecule has 1 N–H and O–H groups in total. The summed E-state index contributed by atoms with van der Waals surface area (Å²) in [5.41, 5.74) is 5.10. The van der Waals surface area contributed by atoms with E-state index in [4.69, 9.17) is 0 Å². The van der Waals surface area contributed by atoms with Crippen LogP contribution >= 0.6 is 0 Å². The predicted molar refractivity (Wildman–Crippen MR) is 126 cm³/mol. The first kappa shape index (κ1) is 22.9. The topological polar surface area (TPSA) is 20.2 Å². The van der Waals surface area contributed by atoms with Crippen LogP contribution in [0, 0.1) is 28.6 Å². The number of aliphatic hydroxyl groups is 1. The monoisotopic (exact) mass is 398 g/mol. The molecular weight excluding hydrogens is 352 g/mol. The smallest absolute Gasteiger partial charge is 0.0784 e. The van der Waals surface area contributed by atoms with E-state index in [2.05, 4.69) is 53.3 Å². The normalized spacial score (nSPS) is 37.2. The molecule has 164 valence electrons. The highest BCUT2D eigenvalue weighted by atomic mass is 16.3. The molecule has 0 unspecified atom stereocenters. The third-order valence-electron chi connectivity index (χ3n) is 8.54. The summed E-state index contributed by atoms with van der Waals surface area (Å²) in [5.74, 6) is 2.53. The highest BCUT2D eigenvalue weighted by Gasteiger charge is 2.50. The molecule has 0 radical (unpaired) electrons. The van der Waals surface area contributed by atoms with Crippen molar-refractivity contribution in [2.45, 2.75) is 111 Å². The lowest BCUT2D eigenvalue weighted by Crippen LogP contribution is -2.36. The minimum atomic E-state index is -0.324. The van der Waals surface area contributed by atoms with Crippen LogP contribution < -0.4 is 0 Å². The molecule has 29 heavy (non-hydrogen) atoms. The Labute approximate surface area is 180 Å². The molecule has 5 atom stereocenters. The number of rotatable bonds is 5. The summed E-state index contributed by atoms with van der Waals surface area (Å²) in [7, 11) is 0. The standard InChI is InChI=1S/C28H46O/c1-20(9-7-17-27(3,4)5)24-15-16-25-23(10-8-18-28(24,25)6)14-13-22-12-11-21(2)26(29)19-22/h13-14,20,24-26,29H,2,7-12,15-19H2,1,3-6H3/b22-13+,23-14+/t20-,24-,25+,26-,28-/m1/s1. The molecule has 3 aliphatic rings. The van der Waals surface area contributed by atoms with E-state index in [1.807, 2.05) is 0 Å². The van der Waals surface area contributed by atoms with Gasteiger partial charge in [-0.15, -0.1) is 0 Å². The van der Waals surface area contributed by atoms with E-state index in [0.29, 0.717) is 10.8 Å². The summed E-state index contributed by atoms with van der Waals surface area (Å²) in [6, 6.07) is 0. The van der Waals surface area contributed by atoms with E-state index in [-0.39, 0.29) is 6.10 Å². The summed E-state index contributed by atoms with van der Waals surface area (Å²) in [6.45, 7) is 16.3. The first-order chi connectivity index (χ1) is 13.6. The molecule has 0 aromatic heterocycles. The molecule has 0 heterocycles. The zero-order chi connectivity index (χ0) is 21.2. The maximum Gasteiger partial charge on any atom is 0.0784 e. The molecule has 0 aromatic carbocycles. The number of hydrogen-bond acceptors (Lipinski definition) is 1. The summed E-state index contributed by atoms with van der Waals surface area (Å²) >= 11 is 0. The molecule has 0 amide bonds. The molecule has 3 fully saturated rings. The molecular formula is C28H46O. The molecule has 0 aromatic rings. The van der Waals surface area contributed by atoms with Gasteiger partial charge in [-0.3, -0.25) is 0 Å². The molecule has 1 nitrogen and oxygen atoms in total. The molecule has 3 aliphatic carbocycles. The van der Waals surface area contributed by atoms with Gasteiger partial charge in [0.2, 0.25) is 0 Å². The number of hydrogen-bond donors (Lipinski definition) is 1. The van der Waals surface area contributed by atoms with Gasteiger partial charge >= 0.3 is 0 Å². The summed E-state index contributed by atoms with van der Waals surface area (Å²) in [6.07, 6.45) is 18.3. The first-order valence-corrected chi connectivity index (χ1v) is 12.3. The second-order valence-corrected chi connectivity index (χ2v) is 12.0. The van der Waals surface area contributed by atoms with Crippen LogP contribution in [-0.2, 0) is 0 Å². The molecule has 0 spiro atoms. The molecule has 0 saturated heterocycles. The van der Waals surface area contributed by atoms with Crippen LogP contribution in [0.4, 0.5) is 0 Å². The fraction of sp³-hybridized carbons (Fsp3) is 0.786. The number of allylic oxidation sites excluding steroid dienone is 3. The lowest BCUT2D eigenvalue weighted by atomic mass is 9.60. The van der Waals surface area contributed by atoms with Crippen molar-refractivity contribution >= 4 is 0 Å². The zero-order valence-electron chi connectivity index (χ0n) is 19.9. The molecule has 1 heteroatoms. The van der Waals surface area contributed by atoms with Gasteiger partial charge in [-0.05, 0) is 91.9 Å². The van der Waals surface area contributed by atoms with Crippen molar-refractivity contribution in [3.8, 4) is 0 Å². The van der Waals surface area contributed by atoms with Gasteiger partial charge in [0.1, 0.15) is 0 Å². The molecule has 3 rings (SSSR count). The Morgan fingerprint density at radius 3 is 2.62 bits per heavy atom. The van der Waals surface area contributed by atoms with E-state index in [0.717, 1.165) is 42.6 Å². The molecule has 0 bridgehead atoms. The Balaban J connectivity index is 1.65. The largest absolute Gasteiger partial charge is 0.388 e. The van der Waals surface area contributed by atoms with Crippen LogP contribution in [-0.4, -0.2) is 11.2 Å². The minimum Gasteiger partial charge on any atom is -0.388 e. The minimum absolute atomic E-state index is 0.324. The van der Waals surface area contributed by atoms with Crippen LogP contribution in [0.3, 0.4) is 0 Å². The zero-order valence-corrected chi connectivity index (χ0v) is 19.9. The summed E-state index contributed by atoms with van der Waals surface area (Å²) in [4.78, 5) is 0. The quantitative estimate of drug-likeness (QED) is 0.465. The fourth-order valence-electron chi connectivity index (χ4n) is 6.73. The van der Waals surface area contributed by atoms with E-state index in [1.165, 1.54) is 56.9 Å². The Morgan fingerprint density at radius 2 is 1.93 bits per heavy atom. The predicted octanol–water partition coefficient (Wildman–Crippen LogP) is 8.01. The SMILES string of the molecule is C=C1CC/C(=C\C=C2/CCC[C@]3(C)[C@@H]([C@H](C)CCCC(C)(C)C)CC[C@@H]23)C[C@H]1O. The number of aliphatic hydroxyl groups excluding tert-OH is 1. The van der Waals surface area contributed by atoms with Gasteiger partial charge in [0, 0.05) is 0 Å². The Bertz CT molecular complexity index is 646. The van der Waals surface area contributed by atoms with Crippen LogP contribution in [0.15, 0.2) is 35.5 Å². The first-order valence-electron chi connectivity index (χ1n) is 12.3. The molecule has 3 saturated carbocycles. The Morgan fingerprint density at radius 1 is 1.17 bits per heavy atom. The summed E-state index contributed by atoms with van der Waals surface area (Å²) in [5, 5.41) is 10.1. The van der Waals surface area contributed by atoms with Crippen molar-refractivity contribution in [2.24, 2.45) is 28.6 Å². The van der Waals surface area contributed by atoms with Gasteiger partial charge in [-0.1, -0.05) is 77.3 Å². The second-order valence-electron chi connectivity index (χ2n) is 12.0. The van der Waals surface area contributed by atoms with Gasteiger partial charge in [-0.25, -0.2) is 0 Å². The van der Waals surface area contributed by atoms with Crippen LogP contribution in [0.25, 0.3) is 0 Å². The number of fused-ring (bicyclic) bond motifs is 1. The Hall–Kier alpha value is -0.820. The summed E-state index contributed by atoms with van der Waals surface area (Å²) < 4.78 is 0. The van der Waals surface area contributed by atoms with Crippen molar-refractivity contribution in [1.82, 2.24) is 0 Å². The van der Waals surface area contributed by atoms with E-state index < -0.39 is 0 Å². The lowest BCUT2D eigenvalue weighted by Gasteiger charge is -2.44. The van der Waals surface area contributed by atoms with Gasteiger partial charge in [0.25, 0.3) is 0 Å². The maximum atomic E-state index is 10.1. The fourth-order valence-corrected chi connectivity index (χ4v) is 6.73. The lowest BCUT2D eigenvalue weighted by molar-refractivity contribution is 0.0920. The van der Waals surface area contributed by atoms with Gasteiger partial charge in [0.15, 0.2) is 0 Å². The highest BCUT2D eigenvalue weighted by molar-refractivity contribution is 5.28. The van der Waals surface area contributed by atoms with Crippen LogP contribution in [0.1, 0.15) is 105 Å². The van der Waals surface area contributed by atoms with Crippen molar-refractivity contribution < 1.29 is 5.11 Å². The van der Waals surface area contributed by atoms with Crippen molar-refractivity contribution in [3.05, 3.63) is 35.5 Å². The van der Waals surface area contributed by atoms with Crippen LogP contribution in [0.5, 0.6) is 0 Å². The average Bonchev–Trinajstić information content (AvgIpc) is 2.99. The third-order valence-corrected chi connectivity index (χ3v) is 8.54. The van der Waals surface area contributed by atoms with E-state index in [9.17, 15) is 5.11 Å².